The molecule has 9 heteroatoms. The summed E-state index contributed by atoms with van der Waals surface area (Å²) in [4.78, 5) is 46.2. The van der Waals surface area contributed by atoms with E-state index in [-0.39, 0.29) is 19.5 Å². The van der Waals surface area contributed by atoms with Crippen LogP contribution in [0.4, 0.5) is 4.79 Å². The summed E-state index contributed by atoms with van der Waals surface area (Å²) in [6, 6.07) is 6.57. The fourth-order valence-corrected chi connectivity index (χ4v) is 2.08. The highest BCUT2D eigenvalue weighted by molar-refractivity contribution is 5.89. The zero-order valence-electron chi connectivity index (χ0n) is 17.2. The number of rotatable bonds is 9. The molecule has 0 saturated carbocycles. The summed E-state index contributed by atoms with van der Waals surface area (Å²) in [5.74, 6) is -1.41. The van der Waals surface area contributed by atoms with E-state index in [4.69, 9.17) is 9.47 Å². The van der Waals surface area contributed by atoms with Crippen LogP contribution in [0.25, 0.3) is 0 Å². The topological polar surface area (TPSA) is 120 Å². The van der Waals surface area contributed by atoms with E-state index in [2.05, 4.69) is 15.4 Å². The van der Waals surface area contributed by atoms with Gasteiger partial charge in [0.2, 0.25) is 0 Å². The molecule has 0 aliphatic carbocycles. The number of carbonyl (C=O) groups is 4. The summed E-state index contributed by atoms with van der Waals surface area (Å²) in [5, 5.41) is 5.15. The molecule has 0 aromatic heterocycles. The number of hydrogen-bond donors (Lipinski definition) is 2. The van der Waals surface area contributed by atoms with Gasteiger partial charge < -0.3 is 24.8 Å². The highest BCUT2D eigenvalue weighted by atomic mass is 16.6. The first kappa shape index (κ1) is 23.9. The molecule has 2 amide bonds. The molecule has 9 nitrogen and oxygen atoms in total. The summed E-state index contributed by atoms with van der Waals surface area (Å²) < 4.78 is 14.6. The summed E-state index contributed by atoms with van der Waals surface area (Å²) in [7, 11) is 1.30. The maximum Gasteiger partial charge on any atom is 0.407 e. The van der Waals surface area contributed by atoms with Gasteiger partial charge in [0, 0.05) is 19.5 Å². The zero-order chi connectivity index (χ0) is 21.9. The number of alkyl carbamates (subject to hydrolysis) is 1. The normalized spacial score (nSPS) is 10.6. The van der Waals surface area contributed by atoms with Gasteiger partial charge in [-0.3, -0.25) is 9.59 Å². The predicted molar refractivity (Wildman–Crippen MR) is 104 cm³/mol. The molecule has 1 aromatic carbocycles. The Bertz CT molecular complexity index is 709. The number of amides is 2. The van der Waals surface area contributed by atoms with Crippen molar-refractivity contribution in [3.05, 3.63) is 35.4 Å². The van der Waals surface area contributed by atoms with Crippen LogP contribution in [0.2, 0.25) is 0 Å². The second-order valence-corrected chi connectivity index (χ2v) is 7.16. The Morgan fingerprint density at radius 1 is 1.00 bits per heavy atom. The Labute approximate surface area is 170 Å². The minimum Gasteiger partial charge on any atom is -0.465 e. The molecule has 1 aromatic rings. The van der Waals surface area contributed by atoms with Crippen LogP contribution in [0.3, 0.4) is 0 Å². The van der Waals surface area contributed by atoms with Crippen LogP contribution < -0.4 is 10.6 Å². The lowest BCUT2D eigenvalue weighted by molar-refractivity contribution is -0.148. The van der Waals surface area contributed by atoms with Gasteiger partial charge in [-0.2, -0.15) is 0 Å². The van der Waals surface area contributed by atoms with E-state index in [9.17, 15) is 19.2 Å². The minimum atomic E-state index is -0.584. The molecule has 2 N–H and O–H groups in total. The van der Waals surface area contributed by atoms with E-state index in [1.807, 2.05) is 0 Å². The van der Waals surface area contributed by atoms with Crippen LogP contribution in [0.1, 0.15) is 49.5 Å². The largest absolute Gasteiger partial charge is 0.465 e. The predicted octanol–water partition coefficient (Wildman–Crippen LogP) is 1.94. The number of nitrogens with one attached hydrogen (secondary N) is 2. The smallest absolute Gasteiger partial charge is 0.407 e. The number of benzene rings is 1. The Morgan fingerprint density at radius 2 is 1.66 bits per heavy atom. The van der Waals surface area contributed by atoms with Crippen molar-refractivity contribution in [1.29, 1.82) is 0 Å². The molecular weight excluding hydrogens is 380 g/mol. The van der Waals surface area contributed by atoms with Crippen LogP contribution in [0, 0.1) is 0 Å². The lowest BCUT2D eigenvalue weighted by Crippen LogP contribution is -2.33. The molecule has 0 aliphatic rings. The molecule has 1 rings (SSSR count). The molecule has 0 spiro atoms. The van der Waals surface area contributed by atoms with E-state index in [1.165, 1.54) is 7.11 Å². The molecule has 0 bridgehead atoms. The van der Waals surface area contributed by atoms with Crippen LogP contribution in [0.15, 0.2) is 24.3 Å². The Hall–Kier alpha value is -3.10. The van der Waals surface area contributed by atoms with Gasteiger partial charge >= 0.3 is 18.0 Å². The first-order valence-electron chi connectivity index (χ1n) is 9.17. The summed E-state index contributed by atoms with van der Waals surface area (Å²) >= 11 is 0. The van der Waals surface area contributed by atoms with Gasteiger partial charge in [-0.25, -0.2) is 9.59 Å². The van der Waals surface area contributed by atoms with Crippen molar-refractivity contribution in [2.24, 2.45) is 0 Å². The van der Waals surface area contributed by atoms with Gasteiger partial charge in [-0.15, -0.1) is 0 Å². The van der Waals surface area contributed by atoms with Crippen LogP contribution in [0.5, 0.6) is 0 Å². The third-order valence-corrected chi connectivity index (χ3v) is 3.45. The Balaban J connectivity index is 2.18. The van der Waals surface area contributed by atoms with Gasteiger partial charge in [0.25, 0.3) is 5.91 Å². The van der Waals surface area contributed by atoms with Gasteiger partial charge in [0.05, 0.1) is 12.7 Å². The van der Waals surface area contributed by atoms with E-state index < -0.39 is 36.1 Å². The number of ether oxygens (including phenoxy) is 3. The lowest BCUT2D eigenvalue weighted by atomic mass is 10.1. The molecule has 0 radical (unpaired) electrons. The average Bonchev–Trinajstić information content (AvgIpc) is 2.66. The Morgan fingerprint density at radius 3 is 2.24 bits per heavy atom. The van der Waals surface area contributed by atoms with Gasteiger partial charge in [-0.1, -0.05) is 12.1 Å². The van der Waals surface area contributed by atoms with E-state index in [1.54, 1.807) is 45.0 Å². The van der Waals surface area contributed by atoms with Gasteiger partial charge in [0.15, 0.2) is 6.61 Å². The molecular formula is C20H28N2O7. The number of esters is 2. The fraction of sp³-hybridized carbons (Fsp3) is 0.500. The van der Waals surface area contributed by atoms with Crippen LogP contribution in [-0.4, -0.2) is 49.8 Å². The zero-order valence-corrected chi connectivity index (χ0v) is 17.2. The fourth-order valence-electron chi connectivity index (χ4n) is 2.08. The van der Waals surface area contributed by atoms with Crippen molar-refractivity contribution in [3.8, 4) is 0 Å². The van der Waals surface area contributed by atoms with E-state index in [0.717, 1.165) is 5.56 Å². The monoisotopic (exact) mass is 408 g/mol. The third-order valence-electron chi connectivity index (χ3n) is 3.45. The van der Waals surface area contributed by atoms with E-state index in [0.29, 0.717) is 12.0 Å². The molecule has 0 atom stereocenters. The third kappa shape index (κ3) is 10.7. The second kappa shape index (κ2) is 11.7. The highest BCUT2D eigenvalue weighted by Gasteiger charge is 2.15. The SMILES string of the molecule is COC(=O)c1ccc(CNC(=O)COC(=O)CCCNC(=O)OC(C)(C)C)cc1. The second-order valence-electron chi connectivity index (χ2n) is 7.16. The summed E-state index contributed by atoms with van der Waals surface area (Å²) in [6.45, 7) is 5.37. The standard InChI is InChI=1S/C20H28N2O7/c1-20(2,3)29-19(26)21-11-5-6-17(24)28-13-16(23)22-12-14-7-9-15(10-8-14)18(25)27-4/h7-10H,5-6,11-13H2,1-4H3,(H,21,26)(H,22,23). The maximum absolute atomic E-state index is 11.8. The van der Waals surface area contributed by atoms with Crippen molar-refractivity contribution in [2.75, 3.05) is 20.3 Å². The van der Waals surface area contributed by atoms with Crippen molar-refractivity contribution < 1.29 is 33.4 Å². The highest BCUT2D eigenvalue weighted by Crippen LogP contribution is 2.07. The molecule has 0 unspecified atom stereocenters. The molecule has 0 aliphatic heterocycles. The number of methoxy groups -OCH3 is 1. The molecule has 0 fully saturated rings. The summed E-state index contributed by atoms with van der Waals surface area (Å²) in [6.07, 6.45) is -0.116. The first-order chi connectivity index (χ1) is 13.6. The quantitative estimate of drug-likeness (QED) is 0.364. The van der Waals surface area contributed by atoms with Crippen molar-refractivity contribution in [3.63, 3.8) is 0 Å². The average molecular weight is 408 g/mol. The van der Waals surface area contributed by atoms with Crippen molar-refractivity contribution in [1.82, 2.24) is 10.6 Å². The van der Waals surface area contributed by atoms with Crippen LogP contribution >= 0.6 is 0 Å². The number of hydrogen-bond acceptors (Lipinski definition) is 7. The molecule has 160 valence electrons. The molecule has 0 saturated heterocycles. The van der Waals surface area contributed by atoms with Crippen molar-refractivity contribution in [2.45, 2.75) is 45.8 Å². The lowest BCUT2D eigenvalue weighted by Gasteiger charge is -2.19. The van der Waals surface area contributed by atoms with Gasteiger partial charge in [-0.05, 0) is 44.9 Å². The number of carbonyl (C=O) groups excluding carboxylic acids is 4. The van der Waals surface area contributed by atoms with Gasteiger partial charge in [0.1, 0.15) is 5.60 Å². The van der Waals surface area contributed by atoms with E-state index >= 15 is 0 Å². The maximum atomic E-state index is 11.8. The minimum absolute atomic E-state index is 0.0675. The van der Waals surface area contributed by atoms with Crippen molar-refractivity contribution >= 4 is 23.9 Å². The molecule has 0 heterocycles. The van der Waals surface area contributed by atoms with Crippen LogP contribution in [-0.2, 0) is 30.3 Å². The molecule has 29 heavy (non-hydrogen) atoms. The summed E-state index contributed by atoms with van der Waals surface area (Å²) in [5.41, 5.74) is 0.614. The Kier molecular flexibility index (Phi) is 9.64. The first-order valence-corrected chi connectivity index (χ1v) is 9.17.